The first-order valence-electron chi connectivity index (χ1n) is 8.80. The average Bonchev–Trinajstić information content (AvgIpc) is 2.60. The van der Waals surface area contributed by atoms with Gasteiger partial charge in [-0.2, -0.15) is 0 Å². The van der Waals surface area contributed by atoms with Crippen LogP contribution in [0, 0.1) is 20.8 Å². The van der Waals surface area contributed by atoms with Crippen LogP contribution in [0.5, 0.6) is 0 Å². The van der Waals surface area contributed by atoms with Crippen LogP contribution in [0.25, 0.3) is 0 Å². The molecule has 0 aliphatic rings. The van der Waals surface area contributed by atoms with E-state index in [1.54, 1.807) is 0 Å². The van der Waals surface area contributed by atoms with Crippen molar-refractivity contribution in [3.8, 4) is 0 Å². The molecule has 0 saturated carbocycles. The number of nitrogens with one attached hydrogen (secondary N) is 1. The fraction of sp³-hybridized carbons (Fsp3) is 0.217. The van der Waals surface area contributed by atoms with Crippen molar-refractivity contribution < 1.29 is 0 Å². The highest BCUT2D eigenvalue weighted by atomic mass is 31.1. The number of rotatable bonds is 5. The molecule has 3 aromatic rings. The summed E-state index contributed by atoms with van der Waals surface area (Å²) in [6.45, 7) is 8.86. The monoisotopic (exact) mass is 347 g/mol. The largest absolute Gasteiger partial charge is 0.378 e. The number of aryl methyl sites for hydroxylation is 3. The summed E-state index contributed by atoms with van der Waals surface area (Å²) >= 11 is 0. The van der Waals surface area contributed by atoms with Crippen LogP contribution in [0.1, 0.15) is 23.6 Å². The molecule has 0 bridgehead atoms. The van der Waals surface area contributed by atoms with E-state index in [1.165, 1.54) is 33.0 Å². The summed E-state index contributed by atoms with van der Waals surface area (Å²) in [5, 5.41) is 6.65. The zero-order valence-corrected chi connectivity index (χ0v) is 16.3. The molecule has 0 aliphatic carbocycles. The van der Waals surface area contributed by atoms with Gasteiger partial charge in [-0.05, 0) is 57.4 Å². The molecule has 0 amide bonds. The minimum absolute atomic E-state index is 0.347. The van der Waals surface area contributed by atoms with Gasteiger partial charge >= 0.3 is 0 Å². The summed E-state index contributed by atoms with van der Waals surface area (Å²) in [4.78, 5) is 0. The van der Waals surface area contributed by atoms with Crippen molar-refractivity contribution in [3.05, 3.63) is 89.5 Å². The average molecular weight is 347 g/mol. The van der Waals surface area contributed by atoms with E-state index in [1.807, 2.05) is 0 Å². The lowest BCUT2D eigenvalue weighted by atomic mass is 10.1. The van der Waals surface area contributed by atoms with Crippen LogP contribution in [-0.2, 0) is 0 Å². The topological polar surface area (TPSA) is 12.0 Å². The smallest absolute Gasteiger partial charge is 0.0513 e. The van der Waals surface area contributed by atoms with Crippen LogP contribution < -0.4 is 15.9 Å². The summed E-state index contributed by atoms with van der Waals surface area (Å²) in [5.74, 6) is 0.347. The number of hydrogen-bond donors (Lipinski definition) is 1. The van der Waals surface area contributed by atoms with Crippen molar-refractivity contribution in [1.29, 1.82) is 0 Å². The van der Waals surface area contributed by atoms with Gasteiger partial charge in [0.1, 0.15) is 0 Å². The first kappa shape index (κ1) is 17.7. The SMILES string of the molecule is Cc1cc(C)c(NC(C)P(c2ccccc2)c2ccccc2)c(C)c1. The Morgan fingerprint density at radius 1 is 0.720 bits per heavy atom. The zero-order chi connectivity index (χ0) is 17.8. The Morgan fingerprint density at radius 3 is 1.60 bits per heavy atom. The van der Waals surface area contributed by atoms with Crippen molar-refractivity contribution in [2.75, 3.05) is 5.32 Å². The lowest BCUT2D eigenvalue weighted by Gasteiger charge is -2.29. The first-order chi connectivity index (χ1) is 12.1. The van der Waals surface area contributed by atoms with Crippen LogP contribution in [0.2, 0.25) is 0 Å². The second-order valence-corrected chi connectivity index (χ2v) is 9.18. The minimum Gasteiger partial charge on any atom is -0.378 e. The molecule has 0 radical (unpaired) electrons. The van der Waals surface area contributed by atoms with Gasteiger partial charge in [0.05, 0.1) is 5.78 Å². The molecule has 0 aromatic heterocycles. The van der Waals surface area contributed by atoms with Crippen LogP contribution in [-0.4, -0.2) is 5.78 Å². The standard InChI is InChI=1S/C23H26NP/c1-17-15-18(2)23(19(3)16-17)24-20(4)25(21-11-7-5-8-12-21)22-13-9-6-10-14-22/h5-16,20,24H,1-4H3. The van der Waals surface area contributed by atoms with Crippen LogP contribution in [0.15, 0.2) is 72.8 Å². The normalized spacial score (nSPS) is 12.2. The van der Waals surface area contributed by atoms with Gasteiger partial charge in [0.15, 0.2) is 0 Å². The third-order valence-electron chi connectivity index (χ3n) is 4.49. The molecule has 2 heteroatoms. The molecule has 1 atom stereocenters. The highest BCUT2D eigenvalue weighted by Crippen LogP contribution is 2.40. The maximum atomic E-state index is 3.83. The van der Waals surface area contributed by atoms with Crippen molar-refractivity contribution >= 4 is 24.2 Å². The van der Waals surface area contributed by atoms with Crippen molar-refractivity contribution in [3.63, 3.8) is 0 Å². The van der Waals surface area contributed by atoms with E-state index in [9.17, 15) is 0 Å². The van der Waals surface area contributed by atoms with E-state index in [2.05, 4.69) is 106 Å². The molecule has 0 spiro atoms. The van der Waals surface area contributed by atoms with Crippen molar-refractivity contribution in [2.24, 2.45) is 0 Å². The molecule has 1 unspecified atom stereocenters. The second-order valence-electron chi connectivity index (χ2n) is 6.64. The molecule has 0 heterocycles. The number of benzene rings is 3. The number of hydrogen-bond acceptors (Lipinski definition) is 1. The first-order valence-corrected chi connectivity index (χ1v) is 10.2. The van der Waals surface area contributed by atoms with Crippen molar-refractivity contribution in [1.82, 2.24) is 0 Å². The van der Waals surface area contributed by atoms with Gasteiger partial charge in [0.25, 0.3) is 0 Å². The second kappa shape index (κ2) is 7.85. The maximum Gasteiger partial charge on any atom is 0.0513 e. The molecule has 3 aromatic carbocycles. The minimum atomic E-state index is -0.479. The molecule has 0 saturated heterocycles. The lowest BCUT2D eigenvalue weighted by Crippen LogP contribution is -2.26. The molecular weight excluding hydrogens is 321 g/mol. The van der Waals surface area contributed by atoms with E-state index in [-0.39, 0.29) is 0 Å². The number of anilines is 1. The van der Waals surface area contributed by atoms with Gasteiger partial charge in [-0.3, -0.25) is 0 Å². The van der Waals surface area contributed by atoms with Gasteiger partial charge in [0, 0.05) is 5.69 Å². The van der Waals surface area contributed by atoms with Crippen LogP contribution in [0.4, 0.5) is 5.69 Å². The molecule has 1 N–H and O–H groups in total. The lowest BCUT2D eigenvalue weighted by molar-refractivity contribution is 1.09. The fourth-order valence-electron chi connectivity index (χ4n) is 3.45. The fourth-order valence-corrected chi connectivity index (χ4v) is 5.89. The van der Waals surface area contributed by atoms with E-state index in [4.69, 9.17) is 0 Å². The Morgan fingerprint density at radius 2 is 1.16 bits per heavy atom. The third-order valence-corrected chi connectivity index (χ3v) is 7.10. The summed E-state index contributed by atoms with van der Waals surface area (Å²) in [5.41, 5.74) is 5.24. The molecule has 25 heavy (non-hydrogen) atoms. The predicted molar refractivity (Wildman–Crippen MR) is 113 cm³/mol. The quantitative estimate of drug-likeness (QED) is 0.601. The van der Waals surface area contributed by atoms with Crippen LogP contribution >= 0.6 is 7.92 Å². The van der Waals surface area contributed by atoms with E-state index < -0.39 is 7.92 Å². The highest BCUT2D eigenvalue weighted by molar-refractivity contribution is 7.73. The van der Waals surface area contributed by atoms with E-state index in [0.29, 0.717) is 5.78 Å². The Bertz CT molecular complexity index is 765. The molecule has 3 rings (SSSR count). The summed E-state index contributed by atoms with van der Waals surface area (Å²) in [6, 6.07) is 26.3. The zero-order valence-electron chi connectivity index (χ0n) is 15.5. The van der Waals surface area contributed by atoms with E-state index >= 15 is 0 Å². The molecule has 0 fully saturated rings. The third kappa shape index (κ3) is 4.11. The molecule has 128 valence electrons. The Balaban J connectivity index is 1.97. The summed E-state index contributed by atoms with van der Waals surface area (Å²) in [7, 11) is -0.479. The maximum absolute atomic E-state index is 3.83. The molecular formula is C23H26NP. The van der Waals surface area contributed by atoms with Gasteiger partial charge in [-0.1, -0.05) is 78.4 Å². The van der Waals surface area contributed by atoms with Crippen molar-refractivity contribution in [2.45, 2.75) is 33.5 Å². The molecule has 1 nitrogen and oxygen atoms in total. The van der Waals surface area contributed by atoms with E-state index in [0.717, 1.165) is 0 Å². The Labute approximate surface area is 152 Å². The summed E-state index contributed by atoms with van der Waals surface area (Å²) < 4.78 is 0. The Kier molecular flexibility index (Phi) is 5.56. The van der Waals surface area contributed by atoms with Gasteiger partial charge in [0.2, 0.25) is 0 Å². The Hall–Kier alpha value is -2.11. The highest BCUT2D eigenvalue weighted by Gasteiger charge is 2.21. The summed E-state index contributed by atoms with van der Waals surface area (Å²) in [6.07, 6.45) is 0. The van der Waals surface area contributed by atoms with Gasteiger partial charge in [-0.15, -0.1) is 0 Å². The van der Waals surface area contributed by atoms with Gasteiger partial charge in [-0.25, -0.2) is 0 Å². The van der Waals surface area contributed by atoms with Crippen LogP contribution in [0.3, 0.4) is 0 Å². The molecule has 0 aliphatic heterocycles. The van der Waals surface area contributed by atoms with Gasteiger partial charge < -0.3 is 5.32 Å². The predicted octanol–water partition coefficient (Wildman–Crippen LogP) is 5.50.